The zero-order chi connectivity index (χ0) is 12.0. The Morgan fingerprint density at radius 3 is 2.94 bits per heavy atom. The summed E-state index contributed by atoms with van der Waals surface area (Å²) in [4.78, 5) is 11.7. The lowest BCUT2D eigenvalue weighted by Crippen LogP contribution is -2.25. The molecule has 1 aromatic rings. The summed E-state index contributed by atoms with van der Waals surface area (Å²) in [5.41, 5.74) is 0.586. The summed E-state index contributed by atoms with van der Waals surface area (Å²) >= 11 is 8.06. The molecule has 0 saturated carbocycles. The number of rotatable bonds is 5. The molecule has 0 aromatic heterocycles. The third-order valence-electron chi connectivity index (χ3n) is 1.99. The molecule has 0 fully saturated rings. The SMILES string of the molecule is COCCCNC(=O)c1ccc(I)c(Cl)c1. The maximum atomic E-state index is 11.7. The third-order valence-corrected chi connectivity index (χ3v) is 3.56. The number of halogens is 2. The highest BCUT2D eigenvalue weighted by Gasteiger charge is 2.06. The summed E-state index contributed by atoms with van der Waals surface area (Å²) in [6.07, 6.45) is 0.806. The largest absolute Gasteiger partial charge is 0.385 e. The van der Waals surface area contributed by atoms with Gasteiger partial charge in [0, 0.05) is 29.4 Å². The normalized spacial score (nSPS) is 10.2. The van der Waals surface area contributed by atoms with E-state index < -0.39 is 0 Å². The molecule has 0 saturated heterocycles. The first-order valence-electron chi connectivity index (χ1n) is 4.87. The highest BCUT2D eigenvalue weighted by atomic mass is 127. The Kier molecular flexibility index (Phi) is 6.08. The van der Waals surface area contributed by atoms with Gasteiger partial charge in [-0.25, -0.2) is 0 Å². The van der Waals surface area contributed by atoms with Crippen molar-refractivity contribution in [3.63, 3.8) is 0 Å². The van der Waals surface area contributed by atoms with Gasteiger partial charge in [-0.1, -0.05) is 11.6 Å². The molecule has 0 aliphatic carbocycles. The van der Waals surface area contributed by atoms with Crippen molar-refractivity contribution in [3.05, 3.63) is 32.4 Å². The van der Waals surface area contributed by atoms with Gasteiger partial charge < -0.3 is 10.1 Å². The second-order valence-corrected chi connectivity index (χ2v) is 4.80. The van der Waals surface area contributed by atoms with Crippen LogP contribution in [0.25, 0.3) is 0 Å². The van der Waals surface area contributed by atoms with Gasteiger partial charge in [0.05, 0.1) is 5.02 Å². The highest BCUT2D eigenvalue weighted by molar-refractivity contribution is 14.1. The monoisotopic (exact) mass is 353 g/mol. The molecule has 0 radical (unpaired) electrons. The van der Waals surface area contributed by atoms with Gasteiger partial charge in [-0.15, -0.1) is 0 Å². The molecule has 1 N–H and O–H groups in total. The second kappa shape index (κ2) is 7.09. The molecule has 0 aliphatic heterocycles. The van der Waals surface area contributed by atoms with Gasteiger partial charge in [-0.05, 0) is 47.2 Å². The first-order chi connectivity index (χ1) is 7.65. The van der Waals surface area contributed by atoms with E-state index in [9.17, 15) is 4.79 Å². The van der Waals surface area contributed by atoms with Gasteiger partial charge >= 0.3 is 0 Å². The average Bonchev–Trinajstić information content (AvgIpc) is 2.28. The van der Waals surface area contributed by atoms with Crippen molar-refractivity contribution in [2.75, 3.05) is 20.3 Å². The van der Waals surface area contributed by atoms with Crippen molar-refractivity contribution < 1.29 is 9.53 Å². The number of benzene rings is 1. The Morgan fingerprint density at radius 1 is 1.56 bits per heavy atom. The van der Waals surface area contributed by atoms with Gasteiger partial charge in [-0.3, -0.25) is 4.79 Å². The van der Waals surface area contributed by atoms with Crippen LogP contribution in [0.5, 0.6) is 0 Å². The number of ether oxygens (including phenoxy) is 1. The molecular formula is C11H13ClINO2. The maximum absolute atomic E-state index is 11.7. The summed E-state index contributed by atoms with van der Waals surface area (Å²) in [5.74, 6) is -0.102. The fraction of sp³-hybridized carbons (Fsp3) is 0.364. The Balaban J connectivity index is 2.50. The fourth-order valence-corrected chi connectivity index (χ4v) is 1.67. The van der Waals surface area contributed by atoms with Crippen LogP contribution in [0.2, 0.25) is 5.02 Å². The topological polar surface area (TPSA) is 38.3 Å². The van der Waals surface area contributed by atoms with Gasteiger partial charge in [-0.2, -0.15) is 0 Å². The lowest BCUT2D eigenvalue weighted by Gasteiger charge is -2.05. The van der Waals surface area contributed by atoms with E-state index in [4.69, 9.17) is 16.3 Å². The third kappa shape index (κ3) is 4.27. The van der Waals surface area contributed by atoms with Crippen molar-refractivity contribution in [3.8, 4) is 0 Å². The number of hydrogen-bond acceptors (Lipinski definition) is 2. The summed E-state index contributed by atoms with van der Waals surface area (Å²) in [5, 5.41) is 3.40. The van der Waals surface area contributed by atoms with Crippen molar-refractivity contribution in [1.82, 2.24) is 5.32 Å². The Labute approximate surface area is 114 Å². The molecule has 0 atom stereocenters. The molecular weight excluding hydrogens is 340 g/mol. The van der Waals surface area contributed by atoms with Crippen LogP contribution in [-0.2, 0) is 4.74 Å². The quantitative estimate of drug-likeness (QED) is 0.653. The van der Waals surface area contributed by atoms with Gasteiger partial charge in [0.2, 0.25) is 0 Å². The number of nitrogens with one attached hydrogen (secondary N) is 1. The van der Waals surface area contributed by atoms with Crippen molar-refractivity contribution in [1.29, 1.82) is 0 Å². The van der Waals surface area contributed by atoms with Crippen LogP contribution < -0.4 is 5.32 Å². The number of methoxy groups -OCH3 is 1. The predicted molar refractivity (Wildman–Crippen MR) is 73.0 cm³/mol. The smallest absolute Gasteiger partial charge is 0.251 e. The molecule has 16 heavy (non-hydrogen) atoms. The lowest BCUT2D eigenvalue weighted by atomic mass is 10.2. The predicted octanol–water partition coefficient (Wildman–Crippen LogP) is 2.71. The average molecular weight is 354 g/mol. The molecule has 1 rings (SSSR count). The van der Waals surface area contributed by atoms with E-state index >= 15 is 0 Å². The molecule has 1 aromatic carbocycles. The summed E-state index contributed by atoms with van der Waals surface area (Å²) in [6, 6.07) is 5.27. The van der Waals surface area contributed by atoms with E-state index in [0.29, 0.717) is 23.7 Å². The molecule has 0 bridgehead atoms. The molecule has 1 amide bonds. The first-order valence-corrected chi connectivity index (χ1v) is 6.33. The van der Waals surface area contributed by atoms with Crippen LogP contribution in [-0.4, -0.2) is 26.2 Å². The van der Waals surface area contributed by atoms with Gasteiger partial charge in [0.15, 0.2) is 0 Å². The number of hydrogen-bond donors (Lipinski definition) is 1. The van der Waals surface area contributed by atoms with Crippen molar-refractivity contribution >= 4 is 40.1 Å². The van der Waals surface area contributed by atoms with Crippen LogP contribution in [0, 0.1) is 3.57 Å². The minimum atomic E-state index is -0.102. The van der Waals surface area contributed by atoms with Crippen LogP contribution in [0.3, 0.4) is 0 Å². The zero-order valence-corrected chi connectivity index (χ0v) is 11.8. The van der Waals surface area contributed by atoms with E-state index in [-0.39, 0.29) is 5.91 Å². The van der Waals surface area contributed by atoms with Crippen molar-refractivity contribution in [2.24, 2.45) is 0 Å². The van der Waals surface area contributed by atoms with E-state index in [1.807, 2.05) is 6.07 Å². The number of carbonyl (C=O) groups excluding carboxylic acids is 1. The molecule has 3 nitrogen and oxygen atoms in total. The Bertz CT molecular complexity index is 371. The van der Waals surface area contributed by atoms with Crippen LogP contribution >= 0.6 is 34.2 Å². The van der Waals surface area contributed by atoms with E-state index in [1.165, 1.54) is 0 Å². The van der Waals surface area contributed by atoms with Gasteiger partial charge in [0.25, 0.3) is 5.91 Å². The van der Waals surface area contributed by atoms with E-state index in [0.717, 1.165) is 9.99 Å². The molecule has 0 unspecified atom stereocenters. The van der Waals surface area contributed by atoms with Crippen LogP contribution in [0.15, 0.2) is 18.2 Å². The second-order valence-electron chi connectivity index (χ2n) is 3.23. The Hall–Kier alpha value is -0.330. The van der Waals surface area contributed by atoms with Crippen molar-refractivity contribution in [2.45, 2.75) is 6.42 Å². The summed E-state index contributed by atoms with van der Waals surface area (Å²) in [7, 11) is 1.64. The highest BCUT2D eigenvalue weighted by Crippen LogP contribution is 2.19. The first kappa shape index (κ1) is 13.7. The minimum absolute atomic E-state index is 0.102. The minimum Gasteiger partial charge on any atom is -0.385 e. The summed E-state index contributed by atoms with van der Waals surface area (Å²) < 4.78 is 5.83. The molecule has 0 aliphatic rings. The standard InChI is InChI=1S/C11H13ClINO2/c1-16-6-2-5-14-11(15)8-3-4-10(13)9(12)7-8/h3-4,7H,2,5-6H2,1H3,(H,14,15). The van der Waals surface area contributed by atoms with Crippen LogP contribution in [0.4, 0.5) is 0 Å². The van der Waals surface area contributed by atoms with E-state index in [2.05, 4.69) is 27.9 Å². The van der Waals surface area contributed by atoms with Gasteiger partial charge in [0.1, 0.15) is 0 Å². The fourth-order valence-electron chi connectivity index (χ4n) is 1.16. The molecule has 0 spiro atoms. The molecule has 88 valence electrons. The Morgan fingerprint density at radius 2 is 2.31 bits per heavy atom. The van der Waals surface area contributed by atoms with Crippen LogP contribution in [0.1, 0.15) is 16.8 Å². The summed E-state index contributed by atoms with van der Waals surface area (Å²) in [6.45, 7) is 1.25. The lowest BCUT2D eigenvalue weighted by molar-refractivity contribution is 0.0948. The molecule has 5 heteroatoms. The zero-order valence-electron chi connectivity index (χ0n) is 8.93. The maximum Gasteiger partial charge on any atom is 0.251 e. The number of carbonyl (C=O) groups is 1. The number of amides is 1. The molecule has 0 heterocycles. The van der Waals surface area contributed by atoms with E-state index in [1.54, 1.807) is 19.2 Å².